The Morgan fingerprint density at radius 2 is 1.78 bits per heavy atom. The highest BCUT2D eigenvalue weighted by Crippen LogP contribution is 2.29. The number of piperazine rings is 1. The summed E-state index contributed by atoms with van der Waals surface area (Å²) in [6.45, 7) is 4.68. The zero-order chi connectivity index (χ0) is 26.8. The van der Waals surface area contributed by atoms with Crippen molar-refractivity contribution >= 4 is 27.6 Å². The second kappa shape index (κ2) is 10.5. The van der Waals surface area contributed by atoms with E-state index in [1.807, 2.05) is 11.8 Å². The van der Waals surface area contributed by atoms with Crippen LogP contribution in [0.4, 0.5) is 19.0 Å². The van der Waals surface area contributed by atoms with E-state index in [4.69, 9.17) is 4.74 Å². The summed E-state index contributed by atoms with van der Waals surface area (Å²) >= 11 is 0. The summed E-state index contributed by atoms with van der Waals surface area (Å²) in [5.41, 5.74) is 1.46. The van der Waals surface area contributed by atoms with E-state index >= 15 is 0 Å². The summed E-state index contributed by atoms with van der Waals surface area (Å²) in [5, 5.41) is 4.27. The maximum absolute atomic E-state index is 13.1. The van der Waals surface area contributed by atoms with Crippen LogP contribution in [0, 0.1) is 6.92 Å². The molecule has 0 unspecified atom stereocenters. The van der Waals surface area contributed by atoms with E-state index in [2.05, 4.69) is 19.8 Å². The van der Waals surface area contributed by atoms with Gasteiger partial charge in [0.15, 0.2) is 0 Å². The maximum atomic E-state index is 13.1. The molecule has 1 aliphatic heterocycles. The maximum Gasteiger partial charge on any atom is 0.573 e. The van der Waals surface area contributed by atoms with E-state index in [9.17, 15) is 26.4 Å². The third-order valence-electron chi connectivity index (χ3n) is 5.82. The van der Waals surface area contributed by atoms with Crippen LogP contribution in [0.5, 0.6) is 5.75 Å². The molecule has 0 atom stereocenters. The smallest absolute Gasteiger partial charge is 0.466 e. The molecule has 0 amide bonds. The first-order valence-corrected chi connectivity index (χ1v) is 12.9. The second-order valence-corrected chi connectivity index (χ2v) is 10.1. The van der Waals surface area contributed by atoms with E-state index in [0.29, 0.717) is 36.8 Å². The quantitative estimate of drug-likeness (QED) is 0.395. The van der Waals surface area contributed by atoms with Crippen molar-refractivity contribution in [2.24, 2.45) is 0 Å². The Hall–Kier alpha value is -3.46. The van der Waals surface area contributed by atoms with Gasteiger partial charge in [0.1, 0.15) is 17.9 Å². The van der Waals surface area contributed by atoms with Crippen molar-refractivity contribution < 1.29 is 35.9 Å². The molecule has 37 heavy (non-hydrogen) atoms. The summed E-state index contributed by atoms with van der Waals surface area (Å²) in [4.78, 5) is 22.4. The number of aromatic nitrogens is 4. The highest BCUT2D eigenvalue weighted by Gasteiger charge is 2.33. The molecule has 1 aliphatic rings. The molecule has 11 nitrogen and oxygen atoms in total. The van der Waals surface area contributed by atoms with E-state index in [-0.39, 0.29) is 37.0 Å². The van der Waals surface area contributed by atoms with Crippen LogP contribution in [0.15, 0.2) is 35.5 Å². The number of fused-ring (bicyclic) bond motifs is 1. The fraction of sp³-hybridized carbons (Fsp3) is 0.455. The molecule has 0 aliphatic carbocycles. The summed E-state index contributed by atoms with van der Waals surface area (Å²) in [6.07, 6.45) is -3.00. The van der Waals surface area contributed by atoms with Crippen molar-refractivity contribution in [2.45, 2.75) is 37.9 Å². The van der Waals surface area contributed by atoms with Gasteiger partial charge in [-0.1, -0.05) is 0 Å². The first-order chi connectivity index (χ1) is 17.5. The van der Waals surface area contributed by atoms with Gasteiger partial charge >= 0.3 is 12.3 Å². The molecule has 15 heteroatoms. The minimum absolute atomic E-state index is 0.123. The van der Waals surface area contributed by atoms with Crippen LogP contribution in [0.1, 0.15) is 24.6 Å². The molecule has 1 aromatic carbocycles. The van der Waals surface area contributed by atoms with Crippen LogP contribution in [0.25, 0.3) is 5.78 Å². The van der Waals surface area contributed by atoms with E-state index in [0.717, 1.165) is 29.8 Å². The molecule has 3 heterocycles. The molecule has 0 bridgehead atoms. The van der Waals surface area contributed by atoms with Gasteiger partial charge in [0, 0.05) is 43.9 Å². The molecule has 0 saturated carbocycles. The number of ether oxygens (including phenoxy) is 2. The lowest BCUT2D eigenvalue weighted by atomic mass is 10.1. The Balaban J connectivity index is 1.53. The lowest BCUT2D eigenvalue weighted by molar-refractivity contribution is -0.274. The molecule has 3 aromatic rings. The predicted octanol–water partition coefficient (Wildman–Crippen LogP) is 2.34. The summed E-state index contributed by atoms with van der Waals surface area (Å²) in [6, 6.07) is 4.10. The largest absolute Gasteiger partial charge is 0.573 e. The molecule has 0 radical (unpaired) electrons. The minimum Gasteiger partial charge on any atom is -0.466 e. The Kier molecular flexibility index (Phi) is 7.54. The number of hydrogen-bond acceptors (Lipinski definition) is 9. The van der Waals surface area contributed by atoms with Crippen LogP contribution in [0.2, 0.25) is 0 Å². The molecule has 1 saturated heterocycles. The topological polar surface area (TPSA) is 119 Å². The molecular weight excluding hydrogens is 517 g/mol. The Bertz CT molecular complexity index is 1370. The SMILES string of the molecule is CCOC(=O)CCc1c(C)nc2ncnn2c1N1CCN(S(=O)(=O)c2ccc(OC(F)(F)F)cc2)CC1. The molecule has 4 rings (SSSR count). The Labute approximate surface area is 210 Å². The van der Waals surface area contributed by atoms with Crippen molar-refractivity contribution in [1.29, 1.82) is 0 Å². The standard InChI is InChI=1S/C22H25F3N6O5S/c1-3-35-19(32)9-8-18-15(2)28-21-26-14-27-31(21)20(18)29-10-12-30(13-11-29)37(33,34)17-6-4-16(5-7-17)36-22(23,24)25/h4-7,14H,3,8-13H2,1-2H3. The number of esters is 1. The fourth-order valence-corrected chi connectivity index (χ4v) is 5.57. The van der Waals surface area contributed by atoms with Crippen LogP contribution in [0.3, 0.4) is 0 Å². The third kappa shape index (κ3) is 5.93. The lowest BCUT2D eigenvalue weighted by Crippen LogP contribution is -2.49. The summed E-state index contributed by atoms with van der Waals surface area (Å²) in [5.74, 6) is 0.212. The highest BCUT2D eigenvalue weighted by molar-refractivity contribution is 7.89. The third-order valence-corrected chi connectivity index (χ3v) is 7.74. The number of carbonyl (C=O) groups is 1. The summed E-state index contributed by atoms with van der Waals surface area (Å²) in [7, 11) is -3.94. The van der Waals surface area contributed by atoms with Crippen molar-refractivity contribution in [1.82, 2.24) is 23.9 Å². The van der Waals surface area contributed by atoms with Gasteiger partial charge in [-0.3, -0.25) is 4.79 Å². The number of nitrogens with zero attached hydrogens (tertiary/aromatic N) is 6. The number of aryl methyl sites for hydroxylation is 1. The molecule has 2 aromatic heterocycles. The molecule has 1 fully saturated rings. The number of benzene rings is 1. The summed E-state index contributed by atoms with van der Waals surface area (Å²) < 4.78 is 75.1. The zero-order valence-electron chi connectivity index (χ0n) is 20.1. The van der Waals surface area contributed by atoms with E-state index in [1.165, 1.54) is 10.6 Å². The normalized spacial score (nSPS) is 15.2. The Morgan fingerprint density at radius 3 is 2.41 bits per heavy atom. The number of sulfonamides is 1. The molecular formula is C22H25F3N6O5S. The van der Waals surface area contributed by atoms with Gasteiger partial charge in [0.05, 0.1) is 11.5 Å². The van der Waals surface area contributed by atoms with Crippen molar-refractivity contribution in [3.05, 3.63) is 41.9 Å². The molecule has 0 N–H and O–H groups in total. The molecule has 0 spiro atoms. The number of carbonyl (C=O) groups excluding carboxylic acids is 1. The van der Waals surface area contributed by atoms with Gasteiger partial charge < -0.3 is 14.4 Å². The van der Waals surface area contributed by atoms with E-state index in [1.54, 1.807) is 11.4 Å². The lowest BCUT2D eigenvalue weighted by Gasteiger charge is -2.36. The van der Waals surface area contributed by atoms with Crippen LogP contribution < -0.4 is 9.64 Å². The fourth-order valence-electron chi connectivity index (χ4n) is 4.15. The van der Waals surface area contributed by atoms with E-state index < -0.39 is 22.1 Å². The number of anilines is 1. The first kappa shape index (κ1) is 26.6. The van der Waals surface area contributed by atoms with Crippen LogP contribution in [-0.2, 0) is 26.0 Å². The monoisotopic (exact) mass is 542 g/mol. The highest BCUT2D eigenvalue weighted by atomic mass is 32.2. The van der Waals surface area contributed by atoms with Gasteiger partial charge in [-0.2, -0.15) is 18.9 Å². The van der Waals surface area contributed by atoms with Gasteiger partial charge in [-0.25, -0.2) is 13.4 Å². The van der Waals surface area contributed by atoms with Gasteiger partial charge in [0.25, 0.3) is 5.78 Å². The minimum atomic E-state index is -4.87. The Morgan fingerprint density at radius 1 is 1.11 bits per heavy atom. The van der Waals surface area contributed by atoms with Crippen LogP contribution >= 0.6 is 0 Å². The second-order valence-electron chi connectivity index (χ2n) is 8.19. The van der Waals surface area contributed by atoms with Crippen molar-refractivity contribution in [3.63, 3.8) is 0 Å². The van der Waals surface area contributed by atoms with Gasteiger partial charge in [-0.15, -0.1) is 13.2 Å². The number of rotatable bonds is 8. The number of alkyl halides is 3. The number of hydrogen-bond donors (Lipinski definition) is 0. The van der Waals surface area contributed by atoms with Crippen molar-refractivity contribution in [2.75, 3.05) is 37.7 Å². The van der Waals surface area contributed by atoms with Crippen molar-refractivity contribution in [3.8, 4) is 5.75 Å². The zero-order valence-corrected chi connectivity index (χ0v) is 20.9. The average Bonchev–Trinajstić information content (AvgIpc) is 3.30. The van der Waals surface area contributed by atoms with Gasteiger partial charge in [0.2, 0.25) is 10.0 Å². The molecule has 200 valence electrons. The van der Waals surface area contributed by atoms with Gasteiger partial charge in [-0.05, 0) is 44.5 Å². The predicted molar refractivity (Wildman–Crippen MR) is 125 cm³/mol. The average molecular weight is 543 g/mol. The number of halogens is 3. The first-order valence-electron chi connectivity index (χ1n) is 11.5. The van der Waals surface area contributed by atoms with Crippen LogP contribution in [-0.4, -0.2) is 77.4 Å².